The van der Waals surface area contributed by atoms with Crippen molar-refractivity contribution in [2.45, 2.75) is 32.7 Å². The van der Waals surface area contributed by atoms with Gasteiger partial charge in [0.1, 0.15) is 0 Å². The maximum absolute atomic E-state index is 5.75. The highest BCUT2D eigenvalue weighted by atomic mass is 32.1. The molecule has 0 spiro atoms. The van der Waals surface area contributed by atoms with E-state index in [1.165, 1.54) is 0 Å². The van der Waals surface area contributed by atoms with Gasteiger partial charge >= 0.3 is 0 Å². The van der Waals surface area contributed by atoms with E-state index in [-0.39, 0.29) is 12.2 Å². The quantitative estimate of drug-likeness (QED) is 0.886. The van der Waals surface area contributed by atoms with E-state index in [1.54, 1.807) is 11.3 Å². The number of nitrogens with one attached hydrogen (secondary N) is 1. The highest BCUT2D eigenvalue weighted by molar-refractivity contribution is 7.71. The second-order valence-electron chi connectivity index (χ2n) is 5.19. The third-order valence-electron chi connectivity index (χ3n) is 3.27. The summed E-state index contributed by atoms with van der Waals surface area (Å²) < 4.78 is 8.27. The summed E-state index contributed by atoms with van der Waals surface area (Å²) in [5, 5.41) is 5.33. The number of aromatic nitrogens is 3. The molecule has 2 aromatic rings. The van der Waals surface area contributed by atoms with Crippen molar-refractivity contribution >= 4 is 23.6 Å². The molecular formula is C13H18N4OS2. The summed E-state index contributed by atoms with van der Waals surface area (Å²) in [7, 11) is 0. The van der Waals surface area contributed by atoms with Crippen molar-refractivity contribution < 1.29 is 4.74 Å². The lowest BCUT2D eigenvalue weighted by Gasteiger charge is -2.35. The van der Waals surface area contributed by atoms with Gasteiger partial charge in [-0.1, -0.05) is 6.07 Å². The van der Waals surface area contributed by atoms with Crippen LogP contribution in [0.2, 0.25) is 0 Å². The van der Waals surface area contributed by atoms with Gasteiger partial charge in [-0.05, 0) is 37.5 Å². The Morgan fingerprint density at radius 1 is 1.45 bits per heavy atom. The Balaban J connectivity index is 1.76. The van der Waals surface area contributed by atoms with Crippen LogP contribution >= 0.6 is 23.6 Å². The van der Waals surface area contributed by atoms with Crippen molar-refractivity contribution in [3.63, 3.8) is 0 Å². The fraction of sp³-hybridized carbons (Fsp3) is 0.538. The molecule has 3 heterocycles. The van der Waals surface area contributed by atoms with Crippen LogP contribution in [-0.2, 0) is 11.4 Å². The average Bonchev–Trinajstić information content (AvgIpc) is 2.98. The summed E-state index contributed by atoms with van der Waals surface area (Å²) in [4.78, 5) is 7.88. The van der Waals surface area contributed by atoms with Crippen molar-refractivity contribution in [3.8, 4) is 10.7 Å². The van der Waals surface area contributed by atoms with Gasteiger partial charge in [0.05, 0.1) is 23.8 Å². The molecule has 1 N–H and O–H groups in total. The van der Waals surface area contributed by atoms with Crippen LogP contribution in [-0.4, -0.2) is 45.0 Å². The summed E-state index contributed by atoms with van der Waals surface area (Å²) in [5.74, 6) is 0.847. The van der Waals surface area contributed by atoms with Crippen LogP contribution in [0.25, 0.3) is 10.7 Å². The molecule has 1 aliphatic rings. The maximum atomic E-state index is 5.75. The number of nitrogens with zero attached hydrogens (tertiary/aromatic N) is 3. The average molecular weight is 310 g/mol. The lowest BCUT2D eigenvalue weighted by molar-refractivity contribution is -0.0776. The van der Waals surface area contributed by atoms with E-state index in [4.69, 9.17) is 17.0 Å². The van der Waals surface area contributed by atoms with Gasteiger partial charge in [-0.15, -0.1) is 11.3 Å². The van der Waals surface area contributed by atoms with E-state index in [0.29, 0.717) is 4.77 Å². The van der Waals surface area contributed by atoms with Crippen LogP contribution in [0.4, 0.5) is 0 Å². The lowest BCUT2D eigenvalue weighted by atomic mass is 10.2. The van der Waals surface area contributed by atoms with Gasteiger partial charge in [-0.3, -0.25) is 10.00 Å². The van der Waals surface area contributed by atoms with Crippen LogP contribution in [0, 0.1) is 4.77 Å². The van der Waals surface area contributed by atoms with E-state index in [0.717, 1.165) is 30.5 Å². The Hall–Kier alpha value is -1.02. The first-order valence-electron chi connectivity index (χ1n) is 6.70. The van der Waals surface area contributed by atoms with Crippen LogP contribution in [0.3, 0.4) is 0 Å². The summed E-state index contributed by atoms with van der Waals surface area (Å²) in [5.41, 5.74) is 0. The molecule has 0 aliphatic carbocycles. The molecule has 2 aromatic heterocycles. The van der Waals surface area contributed by atoms with Gasteiger partial charge in [0.25, 0.3) is 0 Å². The van der Waals surface area contributed by atoms with Gasteiger partial charge in [0, 0.05) is 13.1 Å². The van der Waals surface area contributed by atoms with E-state index in [2.05, 4.69) is 28.8 Å². The molecule has 0 bridgehead atoms. The largest absolute Gasteiger partial charge is 0.373 e. The lowest BCUT2D eigenvalue weighted by Crippen LogP contribution is -2.46. The van der Waals surface area contributed by atoms with E-state index < -0.39 is 0 Å². The Bertz CT molecular complexity index is 609. The third kappa shape index (κ3) is 3.01. The SMILES string of the molecule is CC1CN(Cn2[nH]c(-c3cccs3)nc2=S)CC(C)O1. The molecular weight excluding hydrogens is 292 g/mol. The molecule has 3 rings (SSSR count). The van der Waals surface area contributed by atoms with Gasteiger partial charge in [-0.25, -0.2) is 4.68 Å². The van der Waals surface area contributed by atoms with Gasteiger partial charge in [0.15, 0.2) is 5.82 Å². The zero-order valence-electron chi connectivity index (χ0n) is 11.6. The Labute approximate surface area is 127 Å². The van der Waals surface area contributed by atoms with Crippen molar-refractivity contribution in [2.75, 3.05) is 13.1 Å². The first-order chi connectivity index (χ1) is 9.61. The fourth-order valence-electron chi connectivity index (χ4n) is 2.58. The standard InChI is InChI=1S/C13H18N4OS2/c1-9-6-16(7-10(2)18-9)8-17-13(19)14-12(15-17)11-4-3-5-20-11/h3-5,9-10H,6-8H2,1-2H3,(H,14,15,19). The summed E-state index contributed by atoms with van der Waals surface area (Å²) >= 11 is 7.00. The second-order valence-corrected chi connectivity index (χ2v) is 6.51. The highest BCUT2D eigenvalue weighted by Gasteiger charge is 2.22. The predicted octanol–water partition coefficient (Wildman–Crippen LogP) is 2.74. The molecule has 5 nitrogen and oxygen atoms in total. The van der Waals surface area contributed by atoms with E-state index in [9.17, 15) is 0 Å². The molecule has 1 aliphatic heterocycles. The summed E-state index contributed by atoms with van der Waals surface area (Å²) in [6, 6.07) is 4.06. The normalized spacial score (nSPS) is 24.1. The maximum Gasteiger partial charge on any atom is 0.217 e. The molecule has 1 saturated heterocycles. The van der Waals surface area contributed by atoms with Crippen molar-refractivity contribution in [1.82, 2.24) is 19.7 Å². The molecule has 2 atom stereocenters. The summed E-state index contributed by atoms with van der Waals surface area (Å²) in [6.45, 7) is 6.77. The minimum absolute atomic E-state index is 0.257. The monoisotopic (exact) mass is 310 g/mol. The van der Waals surface area contributed by atoms with Crippen molar-refractivity contribution in [1.29, 1.82) is 0 Å². The fourth-order valence-corrected chi connectivity index (χ4v) is 3.43. The Kier molecular flexibility index (Phi) is 4.02. The number of aromatic amines is 1. The number of ether oxygens (including phenoxy) is 1. The molecule has 0 amide bonds. The van der Waals surface area contributed by atoms with Crippen molar-refractivity contribution in [3.05, 3.63) is 22.3 Å². The number of thiophene rings is 1. The Morgan fingerprint density at radius 3 is 2.85 bits per heavy atom. The Morgan fingerprint density at radius 2 is 2.20 bits per heavy atom. The van der Waals surface area contributed by atoms with Gasteiger partial charge in [0.2, 0.25) is 4.77 Å². The number of H-pyrrole nitrogens is 1. The van der Waals surface area contributed by atoms with Crippen LogP contribution in [0.15, 0.2) is 17.5 Å². The zero-order chi connectivity index (χ0) is 14.1. The van der Waals surface area contributed by atoms with Crippen LogP contribution in [0.5, 0.6) is 0 Å². The van der Waals surface area contributed by atoms with Crippen LogP contribution in [0.1, 0.15) is 13.8 Å². The highest BCUT2D eigenvalue weighted by Crippen LogP contribution is 2.21. The zero-order valence-corrected chi connectivity index (χ0v) is 13.2. The molecule has 1 fully saturated rings. The predicted molar refractivity (Wildman–Crippen MR) is 82.3 cm³/mol. The molecule has 20 heavy (non-hydrogen) atoms. The number of hydrogen-bond donors (Lipinski definition) is 1. The first kappa shape index (κ1) is 13.9. The third-order valence-corrected chi connectivity index (χ3v) is 4.46. The molecule has 0 radical (unpaired) electrons. The number of morpholine rings is 1. The van der Waals surface area contributed by atoms with Gasteiger partial charge < -0.3 is 4.74 Å². The van der Waals surface area contributed by atoms with Gasteiger partial charge in [-0.2, -0.15) is 4.98 Å². The first-order valence-corrected chi connectivity index (χ1v) is 7.99. The molecule has 108 valence electrons. The number of rotatable bonds is 3. The molecule has 0 saturated carbocycles. The molecule has 7 heteroatoms. The van der Waals surface area contributed by atoms with Crippen LogP contribution < -0.4 is 0 Å². The smallest absolute Gasteiger partial charge is 0.217 e. The van der Waals surface area contributed by atoms with E-state index in [1.807, 2.05) is 22.2 Å². The summed E-state index contributed by atoms with van der Waals surface area (Å²) in [6.07, 6.45) is 0.514. The topological polar surface area (TPSA) is 46.1 Å². The molecule has 2 unspecified atom stereocenters. The second kappa shape index (κ2) is 5.77. The minimum atomic E-state index is 0.257. The van der Waals surface area contributed by atoms with Crippen molar-refractivity contribution in [2.24, 2.45) is 0 Å². The number of hydrogen-bond acceptors (Lipinski definition) is 5. The van der Waals surface area contributed by atoms with E-state index >= 15 is 0 Å². The minimum Gasteiger partial charge on any atom is -0.373 e. The molecule has 0 aromatic carbocycles.